The number of anilines is 1. The van der Waals surface area contributed by atoms with Crippen LogP contribution in [0.2, 0.25) is 5.02 Å². The molecule has 2 atom stereocenters. The van der Waals surface area contributed by atoms with Crippen LogP contribution in [0.25, 0.3) is 0 Å². The van der Waals surface area contributed by atoms with Crippen LogP contribution in [-0.2, 0) is 14.6 Å². The lowest BCUT2D eigenvalue weighted by Crippen LogP contribution is -2.45. The van der Waals surface area contributed by atoms with Gasteiger partial charge in [-0.15, -0.1) is 0 Å². The van der Waals surface area contributed by atoms with E-state index in [1.165, 1.54) is 6.21 Å². The van der Waals surface area contributed by atoms with Crippen molar-refractivity contribution >= 4 is 45.2 Å². The molecule has 0 N–H and O–H groups in total. The van der Waals surface area contributed by atoms with E-state index in [-0.39, 0.29) is 17.5 Å². The van der Waals surface area contributed by atoms with Crippen LogP contribution < -0.4 is 4.90 Å². The number of aliphatic imine (C=N–C) groups is 1. The quantitative estimate of drug-likeness (QED) is 0.569. The third kappa shape index (κ3) is 3.47. The zero-order valence-corrected chi connectivity index (χ0v) is 16.4. The predicted octanol–water partition coefficient (Wildman–Crippen LogP) is 2.87. The molecule has 2 aliphatic rings. The Labute approximate surface area is 167 Å². The number of hydrogen-bond acceptors (Lipinski definition) is 5. The number of carbonyl (C=O) groups is 2. The molecule has 2 aromatic carbocycles. The van der Waals surface area contributed by atoms with Crippen molar-refractivity contribution in [3.63, 3.8) is 0 Å². The third-order valence-corrected chi connectivity index (χ3v) is 6.96. The van der Waals surface area contributed by atoms with Crippen molar-refractivity contribution in [3.8, 4) is 0 Å². The fourth-order valence-corrected chi connectivity index (χ4v) is 5.30. The molecule has 6 nitrogen and oxygen atoms in total. The van der Waals surface area contributed by atoms with Crippen LogP contribution in [0.15, 0.2) is 53.5 Å². The van der Waals surface area contributed by atoms with Gasteiger partial charge in [0.05, 0.1) is 29.2 Å². The van der Waals surface area contributed by atoms with E-state index in [9.17, 15) is 18.0 Å². The van der Waals surface area contributed by atoms with Crippen LogP contribution >= 0.6 is 11.6 Å². The van der Waals surface area contributed by atoms with Gasteiger partial charge in [-0.3, -0.25) is 14.6 Å². The molecule has 4 rings (SSSR count). The molecule has 8 heteroatoms. The molecule has 2 aliphatic heterocycles. The largest absolute Gasteiger partial charge is 0.292 e. The number of sulfone groups is 1. The zero-order chi connectivity index (χ0) is 19.9. The van der Waals surface area contributed by atoms with Crippen molar-refractivity contribution in [2.75, 3.05) is 16.4 Å². The van der Waals surface area contributed by atoms with Crippen LogP contribution in [0.3, 0.4) is 0 Å². The van der Waals surface area contributed by atoms with Gasteiger partial charge in [-0.1, -0.05) is 29.8 Å². The Morgan fingerprint density at radius 2 is 1.79 bits per heavy atom. The second kappa shape index (κ2) is 7.14. The number of carbonyl (C=O) groups excluding carboxylic acids is 2. The normalized spacial score (nSPS) is 24.0. The maximum Gasteiger partial charge on any atom is 0.265 e. The molecule has 1 fully saturated rings. The molecule has 0 radical (unpaired) electrons. The second-order valence-electron chi connectivity index (χ2n) is 6.88. The predicted molar refractivity (Wildman–Crippen MR) is 108 cm³/mol. The fourth-order valence-electron chi connectivity index (χ4n) is 3.54. The molecule has 1 saturated heterocycles. The van der Waals surface area contributed by atoms with E-state index in [4.69, 9.17) is 11.6 Å². The van der Waals surface area contributed by atoms with Gasteiger partial charge in [-0.25, -0.2) is 13.3 Å². The van der Waals surface area contributed by atoms with Gasteiger partial charge in [0.1, 0.15) is 0 Å². The highest BCUT2D eigenvalue weighted by Gasteiger charge is 2.39. The number of hydrogen-bond donors (Lipinski definition) is 0. The Kier molecular flexibility index (Phi) is 4.81. The lowest BCUT2D eigenvalue weighted by atomic mass is 9.89. The minimum Gasteiger partial charge on any atom is -0.292 e. The first-order chi connectivity index (χ1) is 13.4. The Balaban J connectivity index is 1.72. The number of imide groups is 1. The Morgan fingerprint density at radius 1 is 1.07 bits per heavy atom. The molecule has 2 amide bonds. The van der Waals surface area contributed by atoms with Crippen molar-refractivity contribution in [2.24, 2.45) is 4.99 Å². The summed E-state index contributed by atoms with van der Waals surface area (Å²) in [6, 6.07) is 13.0. The first kappa shape index (κ1) is 18.8. The van der Waals surface area contributed by atoms with Crippen LogP contribution in [-0.4, -0.2) is 44.0 Å². The molecular weight excluding hydrogens is 400 g/mol. The number of rotatable bonds is 3. The van der Waals surface area contributed by atoms with Gasteiger partial charge in [0, 0.05) is 16.8 Å². The molecule has 0 aromatic heterocycles. The minimum atomic E-state index is -3.06. The molecule has 2 aromatic rings. The van der Waals surface area contributed by atoms with Gasteiger partial charge in [0.15, 0.2) is 9.84 Å². The number of nitrogens with zero attached hydrogens (tertiary/aromatic N) is 2. The second-order valence-corrected chi connectivity index (χ2v) is 9.54. The Bertz CT molecular complexity index is 1080. The van der Waals surface area contributed by atoms with Gasteiger partial charge in [-0.2, -0.15) is 0 Å². The van der Waals surface area contributed by atoms with Gasteiger partial charge < -0.3 is 0 Å². The van der Waals surface area contributed by atoms with Crippen LogP contribution in [0.4, 0.5) is 5.69 Å². The van der Waals surface area contributed by atoms with E-state index >= 15 is 0 Å². The number of fused-ring (bicyclic) bond motifs is 1. The molecule has 28 heavy (non-hydrogen) atoms. The van der Waals surface area contributed by atoms with Crippen LogP contribution in [0, 0.1) is 0 Å². The topological polar surface area (TPSA) is 83.9 Å². The van der Waals surface area contributed by atoms with Crippen LogP contribution in [0.1, 0.15) is 28.3 Å². The first-order valence-corrected chi connectivity index (χ1v) is 11.0. The van der Waals surface area contributed by atoms with E-state index in [0.29, 0.717) is 28.3 Å². The Hall–Kier alpha value is -2.51. The van der Waals surface area contributed by atoms with E-state index < -0.39 is 27.6 Å². The van der Waals surface area contributed by atoms with E-state index in [1.54, 1.807) is 48.5 Å². The van der Waals surface area contributed by atoms with E-state index in [1.807, 2.05) is 0 Å². The first-order valence-electron chi connectivity index (χ1n) is 8.82. The van der Waals surface area contributed by atoms with E-state index in [0.717, 1.165) is 4.90 Å². The molecule has 0 bridgehead atoms. The minimum absolute atomic E-state index is 0.00805. The summed E-state index contributed by atoms with van der Waals surface area (Å²) in [5.74, 6) is -1.48. The summed E-state index contributed by atoms with van der Waals surface area (Å²) in [4.78, 5) is 31.6. The average Bonchev–Trinajstić information content (AvgIpc) is 3.02. The Morgan fingerprint density at radius 3 is 2.46 bits per heavy atom. The maximum absolute atomic E-state index is 13.2. The number of halogens is 1. The highest BCUT2D eigenvalue weighted by atomic mass is 35.5. The van der Waals surface area contributed by atoms with Crippen molar-refractivity contribution < 1.29 is 18.0 Å². The summed E-state index contributed by atoms with van der Waals surface area (Å²) in [6.45, 7) is 0. The summed E-state index contributed by atoms with van der Waals surface area (Å²) in [7, 11) is -3.06. The summed E-state index contributed by atoms with van der Waals surface area (Å²) < 4.78 is 23.3. The van der Waals surface area contributed by atoms with Gasteiger partial charge in [0.25, 0.3) is 5.91 Å². The van der Waals surface area contributed by atoms with Gasteiger partial charge in [-0.05, 0) is 42.3 Å². The molecule has 0 unspecified atom stereocenters. The molecule has 0 aliphatic carbocycles. The standard InChI is InChI=1S/C20H17ClN2O4S/c21-13-5-7-15(8-6-13)23-19(24)17-4-2-1-3-16(17)18(20(23)25)11-22-14-9-10-28(26,27)12-14/h1-8,11,14,18H,9-10,12H2/t14-,18+/m0/s1. The zero-order valence-electron chi connectivity index (χ0n) is 14.8. The lowest BCUT2D eigenvalue weighted by molar-refractivity contribution is -0.118. The van der Waals surface area contributed by atoms with Crippen molar-refractivity contribution in [1.29, 1.82) is 0 Å². The van der Waals surface area contributed by atoms with Gasteiger partial charge in [0.2, 0.25) is 5.91 Å². The molecule has 144 valence electrons. The monoisotopic (exact) mass is 416 g/mol. The number of benzene rings is 2. The summed E-state index contributed by atoms with van der Waals surface area (Å²) in [6.07, 6.45) is 1.93. The molecule has 0 spiro atoms. The van der Waals surface area contributed by atoms with Gasteiger partial charge >= 0.3 is 0 Å². The molecule has 2 heterocycles. The third-order valence-electron chi connectivity index (χ3n) is 4.95. The molecule has 0 saturated carbocycles. The van der Waals surface area contributed by atoms with Crippen molar-refractivity contribution in [1.82, 2.24) is 0 Å². The van der Waals surface area contributed by atoms with Crippen molar-refractivity contribution in [3.05, 3.63) is 64.7 Å². The fraction of sp³-hybridized carbons (Fsp3) is 0.250. The van der Waals surface area contributed by atoms with E-state index in [2.05, 4.69) is 4.99 Å². The smallest absolute Gasteiger partial charge is 0.265 e. The summed E-state index contributed by atoms with van der Waals surface area (Å²) in [5, 5.41) is 0.501. The number of amides is 2. The maximum atomic E-state index is 13.2. The summed E-state index contributed by atoms with van der Waals surface area (Å²) in [5.41, 5.74) is 1.43. The summed E-state index contributed by atoms with van der Waals surface area (Å²) >= 11 is 5.92. The average molecular weight is 417 g/mol. The highest BCUT2D eigenvalue weighted by molar-refractivity contribution is 7.91. The van der Waals surface area contributed by atoms with Crippen LogP contribution in [0.5, 0.6) is 0 Å². The lowest BCUT2D eigenvalue weighted by Gasteiger charge is -2.31. The van der Waals surface area contributed by atoms with Crippen molar-refractivity contribution in [2.45, 2.75) is 18.4 Å². The SMILES string of the molecule is O=C1c2ccccc2[C@@H](C=N[C@H]2CCS(=O)(=O)C2)C(=O)N1c1ccc(Cl)cc1. The molecular formula is C20H17ClN2O4S. The highest BCUT2D eigenvalue weighted by Crippen LogP contribution is 2.32.